The first-order valence-electron chi connectivity index (χ1n) is 9.48. The summed E-state index contributed by atoms with van der Waals surface area (Å²) < 4.78 is 31.8. The van der Waals surface area contributed by atoms with E-state index in [-0.39, 0.29) is 22.6 Å². The highest BCUT2D eigenvalue weighted by Crippen LogP contribution is 2.27. The number of amides is 1. The van der Waals surface area contributed by atoms with Gasteiger partial charge in [0.1, 0.15) is 10.6 Å². The maximum absolute atomic E-state index is 12.8. The molecule has 0 aliphatic rings. The van der Waals surface area contributed by atoms with Crippen LogP contribution >= 0.6 is 0 Å². The first kappa shape index (κ1) is 23.6. The number of likely N-dealkylation sites (N-methyl/N-ethyl adjacent to an activating group) is 1. The summed E-state index contributed by atoms with van der Waals surface area (Å²) in [5, 5.41) is 3.92. The highest BCUT2D eigenvalue weighted by Gasteiger charge is 2.26. The third-order valence-electron chi connectivity index (χ3n) is 4.55. The first-order chi connectivity index (χ1) is 13.9. The number of nitrogens with one attached hydrogen (secondary N) is 1. The van der Waals surface area contributed by atoms with E-state index in [1.165, 1.54) is 32.0 Å². The summed E-state index contributed by atoms with van der Waals surface area (Å²) in [6, 6.07) is 12.7. The summed E-state index contributed by atoms with van der Waals surface area (Å²) >= 11 is 0. The van der Waals surface area contributed by atoms with Gasteiger partial charge in [-0.15, -0.1) is 0 Å². The number of hydrogen-bond acceptors (Lipinski definition) is 5. The maximum Gasteiger partial charge on any atom is 0.255 e. The number of hydrazone groups is 1. The number of ether oxygens (including phenoxy) is 1. The normalized spacial score (nSPS) is 12.4. The number of sulfonamides is 1. The molecule has 0 bridgehead atoms. The maximum atomic E-state index is 12.8. The summed E-state index contributed by atoms with van der Waals surface area (Å²) in [5.41, 5.74) is 5.22. The van der Waals surface area contributed by atoms with Gasteiger partial charge < -0.3 is 4.74 Å². The number of aryl methyl sites for hydroxylation is 1. The van der Waals surface area contributed by atoms with E-state index in [2.05, 4.69) is 31.3 Å². The van der Waals surface area contributed by atoms with E-state index >= 15 is 0 Å². The second-order valence-corrected chi connectivity index (χ2v) is 10.1. The Balaban J connectivity index is 2.02. The molecule has 0 saturated heterocycles. The smallest absolute Gasteiger partial charge is 0.255 e. The van der Waals surface area contributed by atoms with Gasteiger partial charge >= 0.3 is 0 Å². The van der Waals surface area contributed by atoms with Gasteiger partial charge in [0.25, 0.3) is 5.91 Å². The van der Waals surface area contributed by atoms with Gasteiger partial charge in [-0.25, -0.2) is 13.8 Å². The largest absolute Gasteiger partial charge is 0.495 e. The second kappa shape index (κ2) is 9.40. The molecule has 1 amide bonds. The fourth-order valence-electron chi connectivity index (χ4n) is 2.72. The van der Waals surface area contributed by atoms with Crippen LogP contribution in [0.4, 0.5) is 0 Å². The van der Waals surface area contributed by atoms with Gasteiger partial charge in [0, 0.05) is 7.05 Å². The minimum atomic E-state index is -3.90. The molecule has 0 aliphatic carbocycles. The minimum Gasteiger partial charge on any atom is -0.495 e. The van der Waals surface area contributed by atoms with Crippen LogP contribution in [0.25, 0.3) is 0 Å². The summed E-state index contributed by atoms with van der Waals surface area (Å²) in [7, 11) is -1.16. The summed E-state index contributed by atoms with van der Waals surface area (Å²) in [4.78, 5) is 12.2. The van der Waals surface area contributed by atoms with Crippen molar-refractivity contribution in [3.8, 4) is 5.75 Å². The average molecular weight is 432 g/mol. The Morgan fingerprint density at radius 2 is 1.80 bits per heavy atom. The van der Waals surface area contributed by atoms with Gasteiger partial charge in [-0.2, -0.15) is 9.41 Å². The molecule has 7 nitrogen and oxygen atoms in total. The van der Waals surface area contributed by atoms with Gasteiger partial charge in [-0.3, -0.25) is 4.79 Å². The van der Waals surface area contributed by atoms with Crippen LogP contribution in [0.2, 0.25) is 0 Å². The Morgan fingerprint density at radius 3 is 2.37 bits per heavy atom. The number of carbonyl (C=O) groups is 1. The second-order valence-electron chi connectivity index (χ2n) is 8.08. The highest BCUT2D eigenvalue weighted by molar-refractivity contribution is 7.89. The monoisotopic (exact) mass is 431 g/mol. The SMILES string of the molecule is COc1ccc(C)cc1S(=O)(=O)N(C)CC(=O)N/N=C\c1ccc(C(C)(C)C)cc1. The van der Waals surface area contributed by atoms with E-state index in [9.17, 15) is 13.2 Å². The van der Waals surface area contributed by atoms with Crippen LogP contribution in [0, 0.1) is 6.92 Å². The molecule has 30 heavy (non-hydrogen) atoms. The Kier molecular flexibility index (Phi) is 7.39. The topological polar surface area (TPSA) is 88.1 Å². The van der Waals surface area contributed by atoms with Crippen LogP contribution in [0.5, 0.6) is 5.75 Å². The summed E-state index contributed by atoms with van der Waals surface area (Å²) in [5.74, 6) is -0.320. The molecular formula is C22H29N3O4S. The lowest BCUT2D eigenvalue weighted by Crippen LogP contribution is -2.36. The van der Waals surface area contributed by atoms with Crippen LogP contribution in [-0.4, -0.2) is 45.5 Å². The summed E-state index contributed by atoms with van der Waals surface area (Å²) in [6.45, 7) is 7.81. The lowest BCUT2D eigenvalue weighted by atomic mass is 9.87. The Labute approximate surface area is 178 Å². The molecule has 0 radical (unpaired) electrons. The van der Waals surface area contributed by atoms with Gasteiger partial charge in [0.05, 0.1) is 19.9 Å². The molecule has 0 spiro atoms. The third-order valence-corrected chi connectivity index (χ3v) is 6.38. The van der Waals surface area contributed by atoms with Crippen molar-refractivity contribution in [3.05, 3.63) is 59.2 Å². The fraction of sp³-hybridized carbons (Fsp3) is 0.364. The molecule has 2 aromatic carbocycles. The van der Waals surface area contributed by atoms with Crippen molar-refractivity contribution in [2.45, 2.75) is 38.0 Å². The zero-order chi connectivity index (χ0) is 22.5. The number of nitrogens with zero attached hydrogens (tertiary/aromatic N) is 2. The van der Waals surface area contributed by atoms with E-state index in [1.54, 1.807) is 19.1 Å². The van der Waals surface area contributed by atoms with Gasteiger partial charge in [0.2, 0.25) is 10.0 Å². The molecule has 0 unspecified atom stereocenters. The predicted molar refractivity (Wildman–Crippen MR) is 118 cm³/mol. The van der Waals surface area contributed by atoms with Crippen molar-refractivity contribution < 1.29 is 17.9 Å². The van der Waals surface area contributed by atoms with Gasteiger partial charge in [-0.1, -0.05) is 51.1 Å². The molecule has 0 aromatic heterocycles. The molecular weight excluding hydrogens is 402 g/mol. The van der Waals surface area contributed by atoms with Gasteiger partial charge in [-0.05, 0) is 41.2 Å². The molecule has 0 fully saturated rings. The van der Waals surface area contributed by atoms with Crippen molar-refractivity contribution in [1.29, 1.82) is 0 Å². The zero-order valence-electron chi connectivity index (χ0n) is 18.3. The first-order valence-corrected chi connectivity index (χ1v) is 10.9. The molecule has 2 rings (SSSR count). The van der Waals surface area contributed by atoms with Crippen molar-refractivity contribution in [3.63, 3.8) is 0 Å². The van der Waals surface area contributed by atoms with Crippen molar-refractivity contribution in [2.75, 3.05) is 20.7 Å². The van der Waals surface area contributed by atoms with E-state index in [0.717, 1.165) is 15.4 Å². The third kappa shape index (κ3) is 5.90. The zero-order valence-corrected chi connectivity index (χ0v) is 19.1. The van der Waals surface area contributed by atoms with E-state index in [4.69, 9.17) is 4.74 Å². The number of carbonyl (C=O) groups excluding carboxylic acids is 1. The number of rotatable bonds is 7. The van der Waals surface area contributed by atoms with Crippen molar-refractivity contribution in [2.24, 2.45) is 5.10 Å². The number of hydrogen-bond donors (Lipinski definition) is 1. The van der Waals surface area contributed by atoms with Crippen LogP contribution in [0.15, 0.2) is 52.5 Å². The molecule has 0 atom stereocenters. The fourth-order valence-corrected chi connectivity index (χ4v) is 4.09. The predicted octanol–water partition coefficient (Wildman–Crippen LogP) is 3.07. The lowest BCUT2D eigenvalue weighted by molar-refractivity contribution is -0.121. The Morgan fingerprint density at radius 1 is 1.17 bits per heavy atom. The average Bonchev–Trinajstić information content (AvgIpc) is 2.67. The molecule has 0 saturated carbocycles. The van der Waals surface area contributed by atoms with Crippen molar-refractivity contribution in [1.82, 2.24) is 9.73 Å². The molecule has 0 aliphatic heterocycles. The minimum absolute atomic E-state index is 0.0164. The summed E-state index contributed by atoms with van der Waals surface area (Å²) in [6.07, 6.45) is 1.52. The molecule has 2 aromatic rings. The van der Waals surface area contributed by atoms with Crippen LogP contribution in [-0.2, 0) is 20.2 Å². The molecule has 8 heteroatoms. The molecule has 162 valence electrons. The van der Waals surface area contributed by atoms with Crippen LogP contribution in [0.1, 0.15) is 37.5 Å². The quantitative estimate of drug-likeness (QED) is 0.539. The van der Waals surface area contributed by atoms with E-state index in [0.29, 0.717) is 0 Å². The molecule has 1 N–H and O–H groups in total. The van der Waals surface area contributed by atoms with E-state index < -0.39 is 15.9 Å². The highest BCUT2D eigenvalue weighted by atomic mass is 32.2. The van der Waals surface area contributed by atoms with E-state index in [1.807, 2.05) is 24.3 Å². The number of benzene rings is 2. The standard InChI is InChI=1S/C22H29N3O4S/c1-16-7-12-19(29-6)20(13-16)30(27,28)25(5)15-21(26)24-23-14-17-8-10-18(11-9-17)22(2,3)4/h7-14H,15H2,1-6H3,(H,24,26)/b23-14-. The van der Waals surface area contributed by atoms with Crippen molar-refractivity contribution >= 4 is 22.1 Å². The Hall–Kier alpha value is -2.71. The number of methoxy groups -OCH3 is 1. The molecule has 0 heterocycles. The lowest BCUT2D eigenvalue weighted by Gasteiger charge is -2.18. The Bertz CT molecular complexity index is 1020. The van der Waals surface area contributed by atoms with Crippen LogP contribution < -0.4 is 10.2 Å². The van der Waals surface area contributed by atoms with Crippen LogP contribution in [0.3, 0.4) is 0 Å². The van der Waals surface area contributed by atoms with Gasteiger partial charge in [0.15, 0.2) is 0 Å².